The Balaban J connectivity index is 1.68. The second-order valence-corrected chi connectivity index (χ2v) is 5.94. The van der Waals surface area contributed by atoms with Gasteiger partial charge in [-0.25, -0.2) is 4.39 Å². The normalized spacial score (nSPS) is 20.7. The number of carbonyl (C=O) groups is 1. The number of amides is 1. The number of fused-ring (bicyclic) bond motifs is 1. The third-order valence-electron chi connectivity index (χ3n) is 4.34. The molecule has 1 aliphatic heterocycles. The summed E-state index contributed by atoms with van der Waals surface area (Å²) in [5, 5.41) is 20.5. The van der Waals surface area contributed by atoms with Crippen molar-refractivity contribution < 1.29 is 14.3 Å². The standard InChI is InChI=1S/C17H15FN4O2/c18-12-3-1-2-10(6-12)16-8-13(23)9-22(16)17(24)11-4-5-14-15(7-11)20-21-19-14/h1-7,13,16,23H,8-9H2,(H,19,20,21)/t13-,16-/m1/s1. The number of hydrogen-bond acceptors (Lipinski definition) is 4. The molecule has 0 saturated carbocycles. The Labute approximate surface area is 136 Å². The van der Waals surface area contributed by atoms with E-state index in [9.17, 15) is 14.3 Å². The van der Waals surface area contributed by atoms with Crippen LogP contribution in [0.4, 0.5) is 4.39 Å². The lowest BCUT2D eigenvalue weighted by atomic mass is 10.0. The summed E-state index contributed by atoms with van der Waals surface area (Å²) < 4.78 is 13.5. The molecule has 1 saturated heterocycles. The number of aromatic nitrogens is 3. The number of halogens is 1. The average Bonchev–Trinajstić information content (AvgIpc) is 3.19. The zero-order valence-corrected chi connectivity index (χ0v) is 12.7. The van der Waals surface area contributed by atoms with E-state index in [0.29, 0.717) is 28.6 Å². The molecule has 6 nitrogen and oxygen atoms in total. The highest BCUT2D eigenvalue weighted by Gasteiger charge is 2.36. The second kappa shape index (κ2) is 5.68. The van der Waals surface area contributed by atoms with Crippen molar-refractivity contribution in [2.45, 2.75) is 18.6 Å². The van der Waals surface area contributed by atoms with Crippen molar-refractivity contribution >= 4 is 16.9 Å². The Morgan fingerprint density at radius 2 is 2.04 bits per heavy atom. The number of likely N-dealkylation sites (tertiary alicyclic amines) is 1. The third-order valence-corrected chi connectivity index (χ3v) is 4.34. The summed E-state index contributed by atoms with van der Waals surface area (Å²) in [6.45, 7) is 0.219. The molecule has 0 aliphatic carbocycles. The summed E-state index contributed by atoms with van der Waals surface area (Å²) in [7, 11) is 0. The van der Waals surface area contributed by atoms with E-state index < -0.39 is 6.10 Å². The quantitative estimate of drug-likeness (QED) is 0.755. The number of H-pyrrole nitrogens is 1. The highest BCUT2D eigenvalue weighted by Crippen LogP contribution is 2.33. The molecule has 0 radical (unpaired) electrons. The largest absolute Gasteiger partial charge is 0.391 e. The summed E-state index contributed by atoms with van der Waals surface area (Å²) in [6, 6.07) is 10.9. The Morgan fingerprint density at radius 1 is 1.21 bits per heavy atom. The summed E-state index contributed by atoms with van der Waals surface area (Å²) in [5.74, 6) is -0.573. The molecule has 4 rings (SSSR count). The Bertz CT molecular complexity index is 910. The van der Waals surface area contributed by atoms with E-state index >= 15 is 0 Å². The fourth-order valence-corrected chi connectivity index (χ4v) is 3.21. The van der Waals surface area contributed by atoms with Crippen molar-refractivity contribution in [3.8, 4) is 0 Å². The lowest BCUT2D eigenvalue weighted by molar-refractivity contribution is 0.0715. The molecule has 2 N–H and O–H groups in total. The van der Waals surface area contributed by atoms with E-state index in [-0.39, 0.29) is 24.3 Å². The zero-order valence-electron chi connectivity index (χ0n) is 12.7. The molecular weight excluding hydrogens is 311 g/mol. The topological polar surface area (TPSA) is 82.1 Å². The van der Waals surface area contributed by atoms with Crippen LogP contribution < -0.4 is 0 Å². The maximum absolute atomic E-state index is 13.5. The van der Waals surface area contributed by atoms with E-state index in [1.165, 1.54) is 12.1 Å². The maximum atomic E-state index is 13.5. The first-order valence-corrected chi connectivity index (χ1v) is 7.67. The number of aliphatic hydroxyl groups excluding tert-OH is 1. The minimum Gasteiger partial charge on any atom is -0.391 e. The number of aliphatic hydroxyl groups is 1. The van der Waals surface area contributed by atoms with Crippen molar-refractivity contribution in [2.24, 2.45) is 0 Å². The van der Waals surface area contributed by atoms with Gasteiger partial charge < -0.3 is 10.0 Å². The Hall–Kier alpha value is -2.80. The van der Waals surface area contributed by atoms with Gasteiger partial charge >= 0.3 is 0 Å². The van der Waals surface area contributed by atoms with Gasteiger partial charge in [-0.1, -0.05) is 12.1 Å². The molecule has 24 heavy (non-hydrogen) atoms. The van der Waals surface area contributed by atoms with Crippen molar-refractivity contribution in [1.82, 2.24) is 20.3 Å². The van der Waals surface area contributed by atoms with Crippen LogP contribution in [0.25, 0.3) is 11.0 Å². The minimum atomic E-state index is -0.627. The molecule has 1 aliphatic rings. The second-order valence-electron chi connectivity index (χ2n) is 5.94. The Kier molecular flexibility index (Phi) is 3.50. The molecule has 2 heterocycles. The molecule has 2 atom stereocenters. The van der Waals surface area contributed by atoms with Crippen molar-refractivity contribution in [1.29, 1.82) is 0 Å². The molecule has 1 fully saturated rings. The molecule has 1 aromatic heterocycles. The van der Waals surface area contributed by atoms with E-state index in [2.05, 4.69) is 15.4 Å². The predicted octanol–water partition coefficient (Wildman–Crippen LogP) is 2.05. The number of aromatic amines is 1. The van der Waals surface area contributed by atoms with Crippen LogP contribution in [0.1, 0.15) is 28.4 Å². The van der Waals surface area contributed by atoms with Crippen molar-refractivity contribution in [3.05, 3.63) is 59.4 Å². The van der Waals surface area contributed by atoms with Crippen LogP contribution in [0.3, 0.4) is 0 Å². The van der Waals surface area contributed by atoms with Gasteiger partial charge in [0.25, 0.3) is 5.91 Å². The number of hydrogen-bond donors (Lipinski definition) is 2. The van der Waals surface area contributed by atoms with Crippen molar-refractivity contribution in [2.75, 3.05) is 6.54 Å². The molecule has 0 bridgehead atoms. The number of carbonyl (C=O) groups excluding carboxylic acids is 1. The summed E-state index contributed by atoms with van der Waals surface area (Å²) >= 11 is 0. The maximum Gasteiger partial charge on any atom is 0.254 e. The van der Waals surface area contributed by atoms with E-state index in [1.54, 1.807) is 35.2 Å². The summed E-state index contributed by atoms with van der Waals surface area (Å²) in [6.07, 6.45) is -0.237. The van der Waals surface area contributed by atoms with Gasteiger partial charge in [-0.3, -0.25) is 4.79 Å². The van der Waals surface area contributed by atoms with E-state index in [4.69, 9.17) is 0 Å². The zero-order chi connectivity index (χ0) is 16.7. The number of nitrogens with one attached hydrogen (secondary N) is 1. The smallest absolute Gasteiger partial charge is 0.254 e. The van der Waals surface area contributed by atoms with E-state index in [0.717, 1.165) is 0 Å². The molecule has 3 aromatic rings. The first kappa shape index (κ1) is 14.8. The number of nitrogens with zero attached hydrogens (tertiary/aromatic N) is 3. The SMILES string of the molecule is O=C(c1ccc2n[nH]nc2c1)N1C[C@H](O)C[C@@H]1c1cccc(F)c1. The third kappa shape index (κ3) is 2.52. The van der Waals surface area contributed by atoms with Crippen LogP contribution in [-0.4, -0.2) is 44.0 Å². The van der Waals surface area contributed by atoms with Crippen molar-refractivity contribution in [3.63, 3.8) is 0 Å². The first-order valence-electron chi connectivity index (χ1n) is 7.67. The molecule has 122 valence electrons. The Morgan fingerprint density at radius 3 is 2.88 bits per heavy atom. The number of rotatable bonds is 2. The molecule has 0 spiro atoms. The van der Waals surface area contributed by atoms with E-state index in [1.807, 2.05) is 0 Å². The van der Waals surface area contributed by atoms with Gasteiger partial charge in [-0.05, 0) is 42.3 Å². The van der Waals surface area contributed by atoms with Gasteiger partial charge in [0.1, 0.15) is 16.9 Å². The average molecular weight is 326 g/mol. The van der Waals surface area contributed by atoms with Gasteiger partial charge in [0.15, 0.2) is 0 Å². The van der Waals surface area contributed by atoms with Crippen LogP contribution in [0.15, 0.2) is 42.5 Å². The predicted molar refractivity (Wildman–Crippen MR) is 84.7 cm³/mol. The monoisotopic (exact) mass is 326 g/mol. The van der Waals surface area contributed by atoms with Gasteiger partial charge in [0, 0.05) is 12.1 Å². The van der Waals surface area contributed by atoms with Crippen LogP contribution in [0.5, 0.6) is 0 Å². The molecule has 2 aromatic carbocycles. The highest BCUT2D eigenvalue weighted by atomic mass is 19.1. The van der Waals surface area contributed by atoms with Crippen LogP contribution in [0, 0.1) is 5.82 Å². The fourth-order valence-electron chi connectivity index (χ4n) is 3.21. The first-order chi connectivity index (χ1) is 11.6. The highest BCUT2D eigenvalue weighted by molar-refractivity contribution is 5.97. The summed E-state index contributed by atoms with van der Waals surface area (Å²) in [4.78, 5) is 14.5. The van der Waals surface area contributed by atoms with Crippen LogP contribution >= 0.6 is 0 Å². The van der Waals surface area contributed by atoms with Gasteiger partial charge in [-0.15, -0.1) is 0 Å². The lowest BCUT2D eigenvalue weighted by Gasteiger charge is -2.25. The van der Waals surface area contributed by atoms with Gasteiger partial charge in [0.2, 0.25) is 0 Å². The minimum absolute atomic E-state index is 0.217. The number of β-amino-alcohol motifs (C(OH)–C–C–N with tert-alkyl or cyclic N) is 1. The van der Waals surface area contributed by atoms with Gasteiger partial charge in [-0.2, -0.15) is 15.4 Å². The fraction of sp³-hybridized carbons (Fsp3) is 0.235. The summed E-state index contributed by atoms with van der Waals surface area (Å²) in [5.41, 5.74) is 2.42. The van der Waals surface area contributed by atoms with Crippen LogP contribution in [-0.2, 0) is 0 Å². The molecule has 0 unspecified atom stereocenters. The molecular formula is C17H15FN4O2. The van der Waals surface area contributed by atoms with Crippen LogP contribution in [0.2, 0.25) is 0 Å². The lowest BCUT2D eigenvalue weighted by Crippen LogP contribution is -2.31. The molecule has 1 amide bonds. The number of benzene rings is 2. The molecule has 7 heteroatoms. The van der Waals surface area contributed by atoms with Gasteiger partial charge in [0.05, 0.1) is 12.1 Å².